The van der Waals surface area contributed by atoms with Gasteiger partial charge in [-0.1, -0.05) is 59.8 Å². The normalized spacial score (nSPS) is 15.6. The molecular formula is C23H18ClN3O2S2. The molecule has 8 heteroatoms. The smallest absolute Gasteiger partial charge is 0.265 e. The maximum Gasteiger partial charge on any atom is 0.265 e. The molecule has 2 aromatic carbocycles. The first kappa shape index (κ1) is 21.4. The van der Waals surface area contributed by atoms with Crippen molar-refractivity contribution < 1.29 is 9.59 Å². The molecule has 4 rings (SSSR count). The van der Waals surface area contributed by atoms with Gasteiger partial charge in [0.1, 0.15) is 5.57 Å². The van der Waals surface area contributed by atoms with Crippen molar-refractivity contribution in [1.82, 2.24) is 14.8 Å². The molecule has 31 heavy (non-hydrogen) atoms. The van der Waals surface area contributed by atoms with Crippen LogP contribution in [-0.2, 0) is 16.6 Å². The number of aryl methyl sites for hydroxylation is 1. The summed E-state index contributed by atoms with van der Waals surface area (Å²) in [6.45, 7) is 3.87. The predicted octanol–water partition coefficient (Wildman–Crippen LogP) is 4.80. The number of nitrogens with one attached hydrogen (secondary N) is 1. The molecule has 1 aliphatic heterocycles. The van der Waals surface area contributed by atoms with E-state index in [1.165, 1.54) is 16.7 Å². The first-order valence-corrected chi connectivity index (χ1v) is 11.0. The molecule has 2 amide bonds. The number of para-hydroxylation sites is 1. The minimum absolute atomic E-state index is 0.0211. The number of amides is 2. The van der Waals surface area contributed by atoms with Gasteiger partial charge in [0, 0.05) is 35.0 Å². The highest BCUT2D eigenvalue weighted by atomic mass is 35.5. The van der Waals surface area contributed by atoms with Gasteiger partial charge in [0.25, 0.3) is 11.8 Å². The van der Waals surface area contributed by atoms with Crippen molar-refractivity contribution >= 4 is 69.5 Å². The highest BCUT2D eigenvalue weighted by Gasteiger charge is 2.33. The number of fused-ring (bicyclic) bond motifs is 1. The van der Waals surface area contributed by atoms with Crippen molar-refractivity contribution in [3.63, 3.8) is 0 Å². The van der Waals surface area contributed by atoms with Crippen LogP contribution in [0.25, 0.3) is 17.0 Å². The van der Waals surface area contributed by atoms with Crippen LogP contribution in [0, 0.1) is 0 Å². The number of carbonyl (C=O) groups is 2. The Morgan fingerprint density at radius 2 is 1.87 bits per heavy atom. The van der Waals surface area contributed by atoms with Gasteiger partial charge in [-0.15, -0.1) is 6.58 Å². The molecule has 5 nitrogen and oxygen atoms in total. The molecular weight excluding hydrogens is 450 g/mol. The van der Waals surface area contributed by atoms with Crippen molar-refractivity contribution in [2.75, 3.05) is 6.54 Å². The van der Waals surface area contributed by atoms with E-state index >= 15 is 0 Å². The van der Waals surface area contributed by atoms with Crippen LogP contribution in [0.4, 0.5) is 0 Å². The summed E-state index contributed by atoms with van der Waals surface area (Å²) in [6, 6.07) is 15.4. The molecule has 0 aliphatic carbocycles. The monoisotopic (exact) mass is 467 g/mol. The number of rotatable bonds is 5. The summed E-state index contributed by atoms with van der Waals surface area (Å²) >= 11 is 13.0. The molecule has 0 radical (unpaired) electrons. The predicted molar refractivity (Wildman–Crippen MR) is 129 cm³/mol. The van der Waals surface area contributed by atoms with Crippen molar-refractivity contribution in [1.29, 1.82) is 0 Å². The van der Waals surface area contributed by atoms with Gasteiger partial charge in [-0.25, -0.2) is 0 Å². The van der Waals surface area contributed by atoms with E-state index in [0.29, 0.717) is 5.02 Å². The highest BCUT2D eigenvalue weighted by Crippen LogP contribution is 2.40. The van der Waals surface area contributed by atoms with Crippen LogP contribution < -0.4 is 5.32 Å². The molecule has 1 saturated heterocycles. The van der Waals surface area contributed by atoms with Gasteiger partial charge in [0.05, 0.1) is 10.0 Å². The Bertz CT molecular complexity index is 1280. The van der Waals surface area contributed by atoms with Gasteiger partial charge in [-0.2, -0.15) is 0 Å². The van der Waals surface area contributed by atoms with E-state index in [4.69, 9.17) is 23.8 Å². The van der Waals surface area contributed by atoms with E-state index < -0.39 is 11.8 Å². The Hall–Kier alpha value is -2.87. The molecule has 0 bridgehead atoms. The summed E-state index contributed by atoms with van der Waals surface area (Å²) in [6.07, 6.45) is 3.20. The third-order valence-electron chi connectivity index (χ3n) is 4.92. The van der Waals surface area contributed by atoms with Crippen LogP contribution in [0.15, 0.2) is 76.7 Å². The Labute approximate surface area is 194 Å². The maximum absolute atomic E-state index is 13.0. The van der Waals surface area contributed by atoms with E-state index in [1.807, 2.05) is 60.1 Å². The Morgan fingerprint density at radius 3 is 2.61 bits per heavy atom. The lowest BCUT2D eigenvalue weighted by molar-refractivity contribution is -0.128. The van der Waals surface area contributed by atoms with E-state index in [-0.39, 0.29) is 17.2 Å². The fraction of sp³-hybridized carbons (Fsp3) is 0.0870. The average molecular weight is 468 g/mol. The fourth-order valence-electron chi connectivity index (χ4n) is 3.43. The first-order chi connectivity index (χ1) is 14.9. The summed E-state index contributed by atoms with van der Waals surface area (Å²) in [5, 5.41) is 5.10. The summed E-state index contributed by atoms with van der Waals surface area (Å²) in [7, 11) is 1.95. The molecule has 1 aliphatic rings. The molecule has 3 aromatic rings. The van der Waals surface area contributed by atoms with E-state index in [1.54, 1.807) is 12.2 Å². The summed E-state index contributed by atoms with van der Waals surface area (Å²) in [4.78, 5) is 27.9. The summed E-state index contributed by atoms with van der Waals surface area (Å²) in [5.41, 5.74) is 1.77. The third-order valence-corrected chi connectivity index (χ3v) is 6.95. The Balaban J connectivity index is 1.89. The zero-order chi connectivity index (χ0) is 22.1. The lowest BCUT2D eigenvalue weighted by Crippen LogP contribution is -2.53. The second-order valence-corrected chi connectivity index (χ2v) is 8.67. The van der Waals surface area contributed by atoms with Crippen molar-refractivity contribution in [2.45, 2.75) is 9.92 Å². The zero-order valence-corrected chi connectivity index (χ0v) is 19.0. The molecule has 1 N–H and O–H groups in total. The molecule has 156 valence electrons. The molecule has 1 aromatic heterocycles. The van der Waals surface area contributed by atoms with Crippen LogP contribution in [0.3, 0.4) is 0 Å². The molecule has 0 atom stereocenters. The Morgan fingerprint density at radius 1 is 1.16 bits per heavy atom. The van der Waals surface area contributed by atoms with Crippen LogP contribution in [-0.4, -0.2) is 32.9 Å². The zero-order valence-electron chi connectivity index (χ0n) is 16.6. The molecule has 0 saturated carbocycles. The highest BCUT2D eigenvalue weighted by molar-refractivity contribution is 7.99. The number of benzene rings is 2. The van der Waals surface area contributed by atoms with Gasteiger partial charge in [-0.3, -0.25) is 19.8 Å². The molecule has 2 heterocycles. The van der Waals surface area contributed by atoms with E-state index in [9.17, 15) is 9.59 Å². The van der Waals surface area contributed by atoms with Crippen molar-refractivity contribution in [3.8, 4) is 0 Å². The second-order valence-electron chi connectivity index (χ2n) is 6.85. The Kier molecular flexibility index (Phi) is 6.00. The maximum atomic E-state index is 13.0. The first-order valence-electron chi connectivity index (χ1n) is 9.42. The fourth-order valence-corrected chi connectivity index (χ4v) is 4.96. The van der Waals surface area contributed by atoms with Crippen LogP contribution in [0.1, 0.15) is 5.56 Å². The summed E-state index contributed by atoms with van der Waals surface area (Å²) < 4.78 is 2.03. The number of carbonyl (C=O) groups excluding carboxylic acids is 2. The third kappa shape index (κ3) is 3.92. The van der Waals surface area contributed by atoms with Gasteiger partial charge in [0.15, 0.2) is 5.11 Å². The van der Waals surface area contributed by atoms with Crippen molar-refractivity contribution in [2.24, 2.45) is 7.05 Å². The number of hydrogen-bond donors (Lipinski definition) is 1. The topological polar surface area (TPSA) is 54.3 Å². The van der Waals surface area contributed by atoms with Gasteiger partial charge in [-0.05, 0) is 36.5 Å². The van der Waals surface area contributed by atoms with Crippen LogP contribution in [0.2, 0.25) is 5.02 Å². The second kappa shape index (κ2) is 8.70. The minimum atomic E-state index is -0.517. The quantitative estimate of drug-likeness (QED) is 0.253. The number of halogens is 1. The van der Waals surface area contributed by atoms with Gasteiger partial charge >= 0.3 is 0 Å². The lowest BCUT2D eigenvalue weighted by atomic mass is 10.1. The average Bonchev–Trinajstić information content (AvgIpc) is 3.01. The minimum Gasteiger partial charge on any atom is -0.338 e. The molecule has 0 spiro atoms. The van der Waals surface area contributed by atoms with Gasteiger partial charge in [0.2, 0.25) is 0 Å². The van der Waals surface area contributed by atoms with Gasteiger partial charge < -0.3 is 4.57 Å². The number of thiocarbonyl (C=S) groups is 1. The summed E-state index contributed by atoms with van der Waals surface area (Å²) in [5.74, 6) is -0.966. The molecule has 0 unspecified atom stereocenters. The SMILES string of the molecule is C=CCN1C(=O)C(=Cc2c(Sc3ccccc3Cl)n(C)c3ccccc23)C(=O)NC1=S. The van der Waals surface area contributed by atoms with E-state index in [0.717, 1.165) is 26.4 Å². The van der Waals surface area contributed by atoms with Crippen molar-refractivity contribution in [3.05, 3.63) is 77.3 Å². The van der Waals surface area contributed by atoms with E-state index in [2.05, 4.69) is 11.9 Å². The largest absolute Gasteiger partial charge is 0.338 e. The van der Waals surface area contributed by atoms with Crippen LogP contribution >= 0.6 is 35.6 Å². The lowest BCUT2D eigenvalue weighted by Gasteiger charge is -2.27. The van der Waals surface area contributed by atoms with Crippen LogP contribution in [0.5, 0.6) is 0 Å². The standard InChI is InChI=1S/C23H18ClN3O2S2/c1-3-12-27-21(29)16(20(28)25-23(27)30)13-15-14-8-4-6-10-18(14)26(2)22(15)31-19-11-7-5-9-17(19)24/h3-11,13H,1,12H2,2H3,(H,25,28,30). The molecule has 1 fully saturated rings. The number of hydrogen-bond acceptors (Lipinski definition) is 4. The number of nitrogens with zero attached hydrogens (tertiary/aromatic N) is 2. The number of aromatic nitrogens is 1.